The Morgan fingerprint density at radius 1 is 1.09 bits per heavy atom. The van der Waals surface area contributed by atoms with E-state index in [1.54, 1.807) is 0 Å². The van der Waals surface area contributed by atoms with E-state index in [-0.39, 0.29) is 6.03 Å². The molecule has 2 aromatic carbocycles. The van der Waals surface area contributed by atoms with E-state index in [4.69, 9.17) is 4.74 Å². The number of amides is 2. The Morgan fingerprint density at radius 3 is 2.59 bits per heavy atom. The fraction of sp³-hybridized carbons (Fsp3) is 0.235. The van der Waals surface area contributed by atoms with Crippen molar-refractivity contribution in [2.45, 2.75) is 13.5 Å². The number of aryl methyl sites for hydroxylation is 1. The van der Waals surface area contributed by atoms with Gasteiger partial charge in [-0.3, -0.25) is 0 Å². The number of rotatable bonds is 6. The van der Waals surface area contributed by atoms with Crippen molar-refractivity contribution in [2.24, 2.45) is 0 Å². The van der Waals surface area contributed by atoms with E-state index < -0.39 is 0 Å². The normalized spacial score (nSPS) is 10.1. The van der Waals surface area contributed by atoms with Crippen LogP contribution in [0.4, 0.5) is 4.79 Å². The molecule has 5 heteroatoms. The highest BCUT2D eigenvalue weighted by molar-refractivity contribution is 9.10. The quantitative estimate of drug-likeness (QED) is 0.770. The van der Waals surface area contributed by atoms with Crippen molar-refractivity contribution in [3.05, 3.63) is 64.1 Å². The Labute approximate surface area is 139 Å². The number of carbonyl (C=O) groups excluding carboxylic acids is 1. The summed E-state index contributed by atoms with van der Waals surface area (Å²) in [6.45, 7) is 3.41. The molecule has 2 aromatic rings. The lowest BCUT2D eigenvalue weighted by atomic mass is 10.1. The molecule has 0 fully saturated rings. The van der Waals surface area contributed by atoms with Gasteiger partial charge in [0, 0.05) is 6.54 Å². The lowest BCUT2D eigenvalue weighted by molar-refractivity contribution is 0.236. The van der Waals surface area contributed by atoms with Crippen LogP contribution < -0.4 is 15.4 Å². The molecule has 0 aliphatic carbocycles. The molecule has 0 unspecified atom stereocenters. The van der Waals surface area contributed by atoms with E-state index in [0.717, 1.165) is 15.8 Å². The smallest absolute Gasteiger partial charge is 0.315 e. The van der Waals surface area contributed by atoms with Crippen molar-refractivity contribution >= 4 is 22.0 Å². The standard InChI is InChI=1S/C17H19BrN2O2/c1-13-6-2-3-7-14(13)12-20-17(21)19-10-11-22-16-9-5-4-8-15(16)18/h2-9H,10-12H2,1H3,(H2,19,20,21). The highest BCUT2D eigenvalue weighted by Crippen LogP contribution is 2.23. The Hall–Kier alpha value is -2.01. The van der Waals surface area contributed by atoms with Crippen molar-refractivity contribution in [1.82, 2.24) is 10.6 Å². The van der Waals surface area contributed by atoms with E-state index in [1.807, 2.05) is 55.5 Å². The second-order valence-electron chi connectivity index (χ2n) is 4.81. The first-order chi connectivity index (χ1) is 10.7. The SMILES string of the molecule is Cc1ccccc1CNC(=O)NCCOc1ccccc1Br. The van der Waals surface area contributed by atoms with Crippen LogP contribution in [0.2, 0.25) is 0 Å². The molecule has 4 nitrogen and oxygen atoms in total. The molecule has 0 bridgehead atoms. The summed E-state index contributed by atoms with van der Waals surface area (Å²) in [6.07, 6.45) is 0. The van der Waals surface area contributed by atoms with Gasteiger partial charge in [-0.05, 0) is 46.1 Å². The van der Waals surface area contributed by atoms with Crippen molar-refractivity contribution in [1.29, 1.82) is 0 Å². The molecule has 0 atom stereocenters. The maximum Gasteiger partial charge on any atom is 0.315 e. The molecule has 0 aliphatic heterocycles. The molecule has 0 saturated carbocycles. The van der Waals surface area contributed by atoms with E-state index in [2.05, 4.69) is 26.6 Å². The number of hydrogen-bond acceptors (Lipinski definition) is 2. The highest BCUT2D eigenvalue weighted by atomic mass is 79.9. The minimum atomic E-state index is -0.195. The number of benzene rings is 2. The van der Waals surface area contributed by atoms with Gasteiger partial charge in [-0.15, -0.1) is 0 Å². The first-order valence-corrected chi connectivity index (χ1v) is 7.89. The molecule has 0 spiro atoms. The zero-order valence-corrected chi connectivity index (χ0v) is 14.0. The number of nitrogens with one attached hydrogen (secondary N) is 2. The third-order valence-corrected chi connectivity index (χ3v) is 3.84. The maximum atomic E-state index is 11.7. The zero-order chi connectivity index (χ0) is 15.8. The van der Waals surface area contributed by atoms with E-state index >= 15 is 0 Å². The van der Waals surface area contributed by atoms with Crippen molar-refractivity contribution in [2.75, 3.05) is 13.2 Å². The predicted molar refractivity (Wildman–Crippen MR) is 91.1 cm³/mol. The number of urea groups is 1. The number of carbonyl (C=O) groups is 1. The molecular weight excluding hydrogens is 344 g/mol. The van der Waals surface area contributed by atoms with Crippen molar-refractivity contribution in [3.8, 4) is 5.75 Å². The van der Waals surface area contributed by atoms with Gasteiger partial charge in [0.05, 0.1) is 11.0 Å². The second-order valence-corrected chi connectivity index (χ2v) is 5.67. The van der Waals surface area contributed by atoms with Gasteiger partial charge in [-0.1, -0.05) is 36.4 Å². The average molecular weight is 363 g/mol. The van der Waals surface area contributed by atoms with E-state index in [0.29, 0.717) is 19.7 Å². The summed E-state index contributed by atoms with van der Waals surface area (Å²) in [7, 11) is 0. The lowest BCUT2D eigenvalue weighted by Gasteiger charge is -2.11. The Balaban J connectivity index is 1.66. The summed E-state index contributed by atoms with van der Waals surface area (Å²) in [4.78, 5) is 11.7. The molecule has 0 radical (unpaired) electrons. The molecule has 2 amide bonds. The minimum absolute atomic E-state index is 0.195. The number of para-hydroxylation sites is 1. The second kappa shape index (κ2) is 8.44. The first-order valence-electron chi connectivity index (χ1n) is 7.10. The fourth-order valence-electron chi connectivity index (χ4n) is 1.93. The molecule has 0 aliphatic rings. The van der Waals surface area contributed by atoms with Gasteiger partial charge in [0.15, 0.2) is 0 Å². The molecule has 22 heavy (non-hydrogen) atoms. The molecule has 116 valence electrons. The summed E-state index contributed by atoms with van der Waals surface area (Å²) in [6, 6.07) is 15.4. The van der Waals surface area contributed by atoms with Crippen LogP contribution >= 0.6 is 15.9 Å². The van der Waals surface area contributed by atoms with Gasteiger partial charge in [0.1, 0.15) is 12.4 Å². The topological polar surface area (TPSA) is 50.4 Å². The van der Waals surface area contributed by atoms with Crippen LogP contribution in [0.25, 0.3) is 0 Å². The van der Waals surface area contributed by atoms with Gasteiger partial charge in [-0.25, -0.2) is 4.79 Å². The summed E-state index contributed by atoms with van der Waals surface area (Å²) in [5.41, 5.74) is 2.28. The number of ether oxygens (including phenoxy) is 1. The average Bonchev–Trinajstić information content (AvgIpc) is 2.52. The third-order valence-electron chi connectivity index (χ3n) is 3.18. The zero-order valence-electron chi connectivity index (χ0n) is 12.4. The molecule has 2 rings (SSSR count). The summed E-state index contributed by atoms with van der Waals surface area (Å²) in [5, 5.41) is 5.61. The maximum absolute atomic E-state index is 11.7. The summed E-state index contributed by atoms with van der Waals surface area (Å²) >= 11 is 3.41. The number of hydrogen-bond donors (Lipinski definition) is 2. The number of halogens is 1. The van der Waals surface area contributed by atoms with Gasteiger partial charge >= 0.3 is 6.03 Å². The molecule has 0 aromatic heterocycles. The van der Waals surface area contributed by atoms with Crippen LogP contribution in [-0.4, -0.2) is 19.2 Å². The van der Waals surface area contributed by atoms with Crippen LogP contribution in [0.1, 0.15) is 11.1 Å². The summed E-state index contributed by atoms with van der Waals surface area (Å²) < 4.78 is 6.48. The van der Waals surface area contributed by atoms with Crippen LogP contribution in [-0.2, 0) is 6.54 Å². The first kappa shape index (κ1) is 16.4. The van der Waals surface area contributed by atoms with E-state index in [1.165, 1.54) is 5.56 Å². The van der Waals surface area contributed by atoms with Crippen LogP contribution in [0.3, 0.4) is 0 Å². The Bertz CT molecular complexity index is 632. The Kier molecular flexibility index (Phi) is 6.27. The van der Waals surface area contributed by atoms with Gasteiger partial charge in [-0.2, -0.15) is 0 Å². The van der Waals surface area contributed by atoms with Crippen LogP contribution in [0.15, 0.2) is 53.0 Å². The summed E-state index contributed by atoms with van der Waals surface area (Å²) in [5.74, 6) is 0.768. The fourth-order valence-corrected chi connectivity index (χ4v) is 2.33. The molecular formula is C17H19BrN2O2. The van der Waals surface area contributed by atoms with E-state index in [9.17, 15) is 4.79 Å². The van der Waals surface area contributed by atoms with Crippen molar-refractivity contribution < 1.29 is 9.53 Å². The van der Waals surface area contributed by atoms with Gasteiger partial charge < -0.3 is 15.4 Å². The third kappa shape index (κ3) is 5.07. The molecule has 0 saturated heterocycles. The predicted octanol–water partition coefficient (Wildman–Crippen LogP) is 3.64. The van der Waals surface area contributed by atoms with Crippen LogP contribution in [0.5, 0.6) is 5.75 Å². The largest absolute Gasteiger partial charge is 0.491 e. The lowest BCUT2D eigenvalue weighted by Crippen LogP contribution is -2.37. The molecule has 0 heterocycles. The van der Waals surface area contributed by atoms with Gasteiger partial charge in [0.2, 0.25) is 0 Å². The minimum Gasteiger partial charge on any atom is -0.491 e. The highest BCUT2D eigenvalue weighted by Gasteiger charge is 2.03. The Morgan fingerprint density at radius 2 is 1.82 bits per heavy atom. The van der Waals surface area contributed by atoms with Gasteiger partial charge in [0.25, 0.3) is 0 Å². The molecule has 2 N–H and O–H groups in total. The van der Waals surface area contributed by atoms with Crippen LogP contribution in [0, 0.1) is 6.92 Å². The van der Waals surface area contributed by atoms with Crippen molar-refractivity contribution in [3.63, 3.8) is 0 Å². The monoisotopic (exact) mass is 362 g/mol.